The van der Waals surface area contributed by atoms with Crippen molar-refractivity contribution in [2.75, 3.05) is 6.54 Å². The Hall–Kier alpha value is -1.65. The number of nitrogens with one attached hydrogen (secondary N) is 1. The van der Waals surface area contributed by atoms with E-state index in [0.29, 0.717) is 5.88 Å². The second-order valence-corrected chi connectivity index (χ2v) is 6.29. The van der Waals surface area contributed by atoms with Gasteiger partial charge >= 0.3 is 0 Å². The van der Waals surface area contributed by atoms with Crippen molar-refractivity contribution >= 4 is 11.6 Å². The van der Waals surface area contributed by atoms with Crippen molar-refractivity contribution in [1.82, 2.24) is 15.3 Å². The van der Waals surface area contributed by atoms with E-state index in [1.807, 2.05) is 37.3 Å². The molecule has 0 aliphatic carbocycles. The molecule has 24 heavy (non-hydrogen) atoms. The monoisotopic (exact) mass is 347 g/mol. The summed E-state index contributed by atoms with van der Waals surface area (Å²) < 4.78 is 6.05. The topological polar surface area (TPSA) is 47.0 Å². The van der Waals surface area contributed by atoms with Crippen LogP contribution in [0.1, 0.15) is 43.8 Å². The van der Waals surface area contributed by atoms with Crippen molar-refractivity contribution in [3.63, 3.8) is 0 Å². The summed E-state index contributed by atoms with van der Waals surface area (Å²) in [5, 5.41) is 4.20. The summed E-state index contributed by atoms with van der Waals surface area (Å²) in [6.07, 6.45) is 2.87. The van der Waals surface area contributed by atoms with Gasteiger partial charge in [-0.05, 0) is 31.4 Å². The lowest BCUT2D eigenvalue weighted by Crippen LogP contribution is -2.31. The minimum absolute atomic E-state index is 0.0660. The Bertz CT molecular complexity index is 648. The smallest absolute Gasteiger partial charge is 0.217 e. The maximum Gasteiger partial charge on any atom is 0.217 e. The van der Waals surface area contributed by atoms with Crippen molar-refractivity contribution < 1.29 is 4.74 Å². The average molecular weight is 348 g/mol. The molecule has 0 saturated carbocycles. The van der Waals surface area contributed by atoms with Crippen LogP contribution in [-0.2, 0) is 13.0 Å². The number of hydrogen-bond donors (Lipinski definition) is 1. The number of nitrogens with zero attached hydrogens (tertiary/aromatic N) is 2. The Balaban J connectivity index is 1.91. The van der Waals surface area contributed by atoms with E-state index in [9.17, 15) is 0 Å². The molecule has 1 aromatic heterocycles. The predicted octanol–water partition coefficient (Wildman–Crippen LogP) is 4.34. The second kappa shape index (κ2) is 9.60. The molecule has 1 unspecified atom stereocenters. The van der Waals surface area contributed by atoms with Gasteiger partial charge in [-0.2, -0.15) is 4.98 Å². The number of aryl methyl sites for hydroxylation is 2. The molecule has 5 heteroatoms. The number of halogens is 1. The molecule has 1 aromatic carbocycles. The Morgan fingerprint density at radius 3 is 2.71 bits per heavy atom. The van der Waals surface area contributed by atoms with Gasteiger partial charge in [-0.3, -0.25) is 0 Å². The molecule has 1 atom stereocenters. The molecule has 0 bridgehead atoms. The first-order valence-corrected chi connectivity index (χ1v) is 8.95. The van der Waals surface area contributed by atoms with Gasteiger partial charge in [0.25, 0.3) is 0 Å². The van der Waals surface area contributed by atoms with E-state index in [0.717, 1.165) is 54.5 Å². The number of ether oxygens (including phenoxy) is 1. The van der Waals surface area contributed by atoms with Crippen LogP contribution in [0.25, 0.3) is 0 Å². The highest BCUT2D eigenvalue weighted by Gasteiger charge is 2.11. The number of benzene rings is 1. The van der Waals surface area contributed by atoms with Crippen LogP contribution in [0.15, 0.2) is 30.3 Å². The van der Waals surface area contributed by atoms with Crippen molar-refractivity contribution in [3.05, 3.63) is 52.4 Å². The van der Waals surface area contributed by atoms with Crippen molar-refractivity contribution in [2.24, 2.45) is 0 Å². The highest BCUT2D eigenvalue weighted by atomic mass is 35.5. The lowest BCUT2D eigenvalue weighted by Gasteiger charge is -2.18. The van der Waals surface area contributed by atoms with Gasteiger partial charge in [0, 0.05) is 36.3 Å². The van der Waals surface area contributed by atoms with Gasteiger partial charge < -0.3 is 10.1 Å². The summed E-state index contributed by atoms with van der Waals surface area (Å²) in [7, 11) is 0. The number of rotatable bonds is 9. The minimum atomic E-state index is 0.0660. The largest absolute Gasteiger partial charge is 0.473 e. The molecule has 4 nitrogen and oxygen atoms in total. The van der Waals surface area contributed by atoms with Gasteiger partial charge in [0.2, 0.25) is 5.88 Å². The van der Waals surface area contributed by atoms with Gasteiger partial charge in [-0.15, -0.1) is 0 Å². The quantitative estimate of drug-likeness (QED) is 0.733. The fraction of sp³-hybridized carbons (Fsp3) is 0.474. The Morgan fingerprint density at radius 1 is 1.21 bits per heavy atom. The summed E-state index contributed by atoms with van der Waals surface area (Å²) >= 11 is 6.18. The lowest BCUT2D eigenvalue weighted by atomic mass is 10.2. The van der Waals surface area contributed by atoms with E-state index in [2.05, 4.69) is 29.1 Å². The van der Waals surface area contributed by atoms with E-state index in [1.54, 1.807) is 0 Å². The Morgan fingerprint density at radius 2 is 2.00 bits per heavy atom. The second-order valence-electron chi connectivity index (χ2n) is 5.88. The standard InChI is InChI=1S/C19H26ClN3O/c1-4-8-18-22-14(3)11-19(23-18)24-16(5-2)13-21-12-15-9-6-7-10-17(15)20/h6-7,9-11,16,21H,4-5,8,12-13H2,1-3H3. The Labute approximate surface area is 149 Å². The van der Waals surface area contributed by atoms with E-state index in [1.165, 1.54) is 0 Å². The van der Waals surface area contributed by atoms with E-state index in [-0.39, 0.29) is 6.10 Å². The average Bonchev–Trinajstić information content (AvgIpc) is 2.55. The highest BCUT2D eigenvalue weighted by molar-refractivity contribution is 6.31. The summed E-state index contributed by atoms with van der Waals surface area (Å²) in [5.74, 6) is 1.52. The molecule has 0 saturated heterocycles. The molecule has 2 aromatic rings. The van der Waals surface area contributed by atoms with Crippen LogP contribution in [0.5, 0.6) is 5.88 Å². The summed E-state index contributed by atoms with van der Waals surface area (Å²) in [5.41, 5.74) is 2.04. The summed E-state index contributed by atoms with van der Waals surface area (Å²) in [6, 6.07) is 9.77. The van der Waals surface area contributed by atoms with E-state index < -0.39 is 0 Å². The molecule has 0 radical (unpaired) electrons. The van der Waals surface area contributed by atoms with Crippen LogP contribution in [-0.4, -0.2) is 22.6 Å². The molecular weight excluding hydrogens is 322 g/mol. The SMILES string of the molecule is CCCc1nc(C)cc(OC(CC)CNCc2ccccc2Cl)n1. The van der Waals surface area contributed by atoms with Crippen LogP contribution in [0.2, 0.25) is 5.02 Å². The van der Waals surface area contributed by atoms with Gasteiger partial charge in [0.05, 0.1) is 0 Å². The summed E-state index contributed by atoms with van der Waals surface area (Å²) in [4.78, 5) is 8.96. The number of aromatic nitrogens is 2. The first-order chi connectivity index (χ1) is 11.6. The maximum atomic E-state index is 6.18. The fourth-order valence-corrected chi connectivity index (χ4v) is 2.65. The van der Waals surface area contributed by atoms with Crippen LogP contribution < -0.4 is 10.1 Å². The van der Waals surface area contributed by atoms with E-state index >= 15 is 0 Å². The molecule has 1 N–H and O–H groups in total. The Kier molecular flexibility index (Phi) is 7.47. The third-order valence-corrected chi connectivity index (χ3v) is 4.11. The van der Waals surface area contributed by atoms with Crippen LogP contribution in [0.3, 0.4) is 0 Å². The number of hydrogen-bond acceptors (Lipinski definition) is 4. The zero-order valence-electron chi connectivity index (χ0n) is 14.7. The lowest BCUT2D eigenvalue weighted by molar-refractivity contribution is 0.184. The maximum absolute atomic E-state index is 6.18. The van der Waals surface area contributed by atoms with Crippen molar-refractivity contribution in [1.29, 1.82) is 0 Å². The fourth-order valence-electron chi connectivity index (χ4n) is 2.44. The van der Waals surface area contributed by atoms with Gasteiger partial charge in [0.1, 0.15) is 11.9 Å². The van der Waals surface area contributed by atoms with Gasteiger partial charge in [-0.1, -0.05) is 43.6 Å². The van der Waals surface area contributed by atoms with Crippen LogP contribution >= 0.6 is 11.6 Å². The highest BCUT2D eigenvalue weighted by Crippen LogP contribution is 2.15. The third-order valence-electron chi connectivity index (χ3n) is 3.74. The first kappa shape index (κ1) is 18.7. The molecule has 0 aliphatic rings. The molecule has 0 amide bonds. The van der Waals surface area contributed by atoms with Crippen molar-refractivity contribution in [3.8, 4) is 5.88 Å². The minimum Gasteiger partial charge on any atom is -0.473 e. The molecule has 130 valence electrons. The first-order valence-electron chi connectivity index (χ1n) is 8.57. The molecular formula is C19H26ClN3O. The third kappa shape index (κ3) is 5.77. The van der Waals surface area contributed by atoms with Gasteiger partial charge in [0.15, 0.2) is 0 Å². The van der Waals surface area contributed by atoms with Crippen LogP contribution in [0.4, 0.5) is 0 Å². The van der Waals surface area contributed by atoms with Crippen molar-refractivity contribution in [2.45, 2.75) is 52.7 Å². The predicted molar refractivity (Wildman–Crippen MR) is 98.6 cm³/mol. The zero-order valence-corrected chi connectivity index (χ0v) is 15.4. The molecule has 0 fully saturated rings. The molecule has 1 heterocycles. The normalized spacial score (nSPS) is 12.2. The molecule has 0 aliphatic heterocycles. The zero-order chi connectivity index (χ0) is 17.4. The van der Waals surface area contributed by atoms with Crippen LogP contribution in [0, 0.1) is 6.92 Å². The van der Waals surface area contributed by atoms with E-state index in [4.69, 9.17) is 16.3 Å². The molecule has 2 rings (SSSR count). The molecule has 0 spiro atoms. The van der Waals surface area contributed by atoms with Gasteiger partial charge in [-0.25, -0.2) is 4.98 Å². The summed E-state index contributed by atoms with van der Waals surface area (Å²) in [6.45, 7) is 7.68.